The lowest BCUT2D eigenvalue weighted by atomic mass is 10.1. The van der Waals surface area contributed by atoms with Gasteiger partial charge in [0.2, 0.25) is 0 Å². The third kappa shape index (κ3) is 3.30. The van der Waals surface area contributed by atoms with Gasteiger partial charge in [-0.1, -0.05) is 29.8 Å². The normalized spacial score (nSPS) is 15.2. The van der Waals surface area contributed by atoms with E-state index in [0.29, 0.717) is 23.0 Å². The van der Waals surface area contributed by atoms with Crippen molar-refractivity contribution in [3.05, 3.63) is 64.9 Å². The highest BCUT2D eigenvalue weighted by Crippen LogP contribution is 2.25. The Bertz CT molecular complexity index is 814. The van der Waals surface area contributed by atoms with E-state index in [1.165, 1.54) is 0 Å². The highest BCUT2D eigenvalue weighted by Gasteiger charge is 2.21. The molecule has 0 atom stereocenters. The van der Waals surface area contributed by atoms with E-state index in [0.717, 1.165) is 16.7 Å². The van der Waals surface area contributed by atoms with E-state index >= 15 is 0 Å². The number of carbonyl (C=O) groups is 1. The lowest BCUT2D eigenvalue weighted by Gasteiger charge is -2.05. The van der Waals surface area contributed by atoms with Crippen LogP contribution in [0.15, 0.2) is 53.2 Å². The largest absolute Gasteiger partial charge is 0.497 e. The molecule has 1 N–H and O–H groups in total. The van der Waals surface area contributed by atoms with Gasteiger partial charge >= 0.3 is 0 Å². The second kappa shape index (κ2) is 6.58. The molecule has 0 bridgehead atoms. The lowest BCUT2D eigenvalue weighted by molar-refractivity contribution is -0.115. The van der Waals surface area contributed by atoms with Gasteiger partial charge in [-0.2, -0.15) is 0 Å². The van der Waals surface area contributed by atoms with Crippen molar-refractivity contribution in [2.45, 2.75) is 6.92 Å². The Labute approximate surface area is 140 Å². The zero-order chi connectivity index (χ0) is 17.1. The molecule has 2 aromatic rings. The Hall–Kier alpha value is -3.08. The van der Waals surface area contributed by atoms with E-state index in [4.69, 9.17) is 9.47 Å². The molecule has 0 radical (unpaired) electrons. The highest BCUT2D eigenvalue weighted by molar-refractivity contribution is 6.19. The smallest absolute Gasteiger partial charge is 0.275 e. The number of nitrogens with zero attached hydrogens (tertiary/aromatic N) is 1. The van der Waals surface area contributed by atoms with Crippen LogP contribution in [0.2, 0.25) is 0 Å². The number of rotatable bonds is 4. The topological polar surface area (TPSA) is 59.9 Å². The molecule has 1 aliphatic rings. The molecule has 1 aliphatic heterocycles. The fraction of sp³-hybridized carbons (Fsp3) is 0.158. The van der Waals surface area contributed by atoms with E-state index in [1.54, 1.807) is 26.4 Å². The summed E-state index contributed by atoms with van der Waals surface area (Å²) in [6.07, 6.45) is 1.71. The number of benzene rings is 2. The van der Waals surface area contributed by atoms with E-state index < -0.39 is 0 Å². The van der Waals surface area contributed by atoms with Gasteiger partial charge in [0.25, 0.3) is 5.91 Å². The van der Waals surface area contributed by atoms with Crippen LogP contribution < -0.4 is 14.8 Å². The number of nitrogens with one attached hydrogen (secondary N) is 1. The number of amidine groups is 1. The van der Waals surface area contributed by atoms with Gasteiger partial charge in [0.05, 0.1) is 14.2 Å². The monoisotopic (exact) mass is 322 g/mol. The molecule has 1 amide bonds. The summed E-state index contributed by atoms with van der Waals surface area (Å²) in [6.45, 7) is 2.01. The Kier molecular flexibility index (Phi) is 4.33. The van der Waals surface area contributed by atoms with Crippen LogP contribution in [-0.4, -0.2) is 26.0 Å². The van der Waals surface area contributed by atoms with Crippen molar-refractivity contribution in [1.29, 1.82) is 0 Å². The molecule has 5 nitrogen and oxygen atoms in total. The van der Waals surface area contributed by atoms with Crippen LogP contribution in [0.1, 0.15) is 16.7 Å². The highest BCUT2D eigenvalue weighted by atomic mass is 16.5. The summed E-state index contributed by atoms with van der Waals surface area (Å²) in [7, 11) is 3.17. The fourth-order valence-corrected chi connectivity index (χ4v) is 2.39. The molecular formula is C19H18N2O3. The van der Waals surface area contributed by atoms with Crippen LogP contribution in [0.5, 0.6) is 11.5 Å². The van der Waals surface area contributed by atoms with Crippen molar-refractivity contribution in [1.82, 2.24) is 5.32 Å². The Balaban J connectivity index is 1.95. The average Bonchev–Trinajstić information content (AvgIpc) is 2.95. The standard InChI is InChI=1S/C19H18N2O3/c1-12-4-6-14(7-5-12)18-20-17(19(22)21-18)10-13-8-15(23-2)11-16(9-13)24-3/h4-11H,1-3H3,(H,20,21,22)/b17-10+. The number of aryl methyl sites for hydroxylation is 1. The maximum Gasteiger partial charge on any atom is 0.275 e. The molecule has 3 rings (SSSR count). The molecule has 2 aromatic carbocycles. The first kappa shape index (κ1) is 15.8. The van der Waals surface area contributed by atoms with Gasteiger partial charge in [0.15, 0.2) is 0 Å². The predicted octanol–water partition coefficient (Wildman–Crippen LogP) is 2.93. The zero-order valence-electron chi connectivity index (χ0n) is 13.8. The van der Waals surface area contributed by atoms with Gasteiger partial charge in [-0.3, -0.25) is 4.79 Å². The van der Waals surface area contributed by atoms with Crippen LogP contribution in [0.3, 0.4) is 0 Å². The Morgan fingerprint density at radius 1 is 1.00 bits per heavy atom. The van der Waals surface area contributed by atoms with Crippen molar-refractivity contribution >= 4 is 17.8 Å². The van der Waals surface area contributed by atoms with Crippen molar-refractivity contribution in [2.75, 3.05) is 14.2 Å². The first-order chi connectivity index (χ1) is 11.6. The van der Waals surface area contributed by atoms with Crippen LogP contribution in [0.25, 0.3) is 6.08 Å². The second-order valence-electron chi connectivity index (χ2n) is 5.46. The third-order valence-electron chi connectivity index (χ3n) is 3.70. The minimum atomic E-state index is -0.229. The molecule has 0 spiro atoms. The number of hydrogen-bond acceptors (Lipinski definition) is 4. The summed E-state index contributed by atoms with van der Waals surface area (Å²) in [5, 5.41) is 2.80. The molecule has 0 saturated heterocycles. The van der Waals surface area contributed by atoms with E-state index in [1.807, 2.05) is 43.3 Å². The zero-order valence-corrected chi connectivity index (χ0v) is 13.8. The Morgan fingerprint density at radius 3 is 2.21 bits per heavy atom. The van der Waals surface area contributed by atoms with E-state index in [-0.39, 0.29) is 5.91 Å². The molecule has 1 heterocycles. The van der Waals surface area contributed by atoms with Gasteiger partial charge < -0.3 is 14.8 Å². The van der Waals surface area contributed by atoms with Crippen LogP contribution in [0, 0.1) is 6.92 Å². The molecule has 122 valence electrons. The Morgan fingerprint density at radius 2 is 1.62 bits per heavy atom. The minimum absolute atomic E-state index is 0.229. The molecule has 24 heavy (non-hydrogen) atoms. The number of hydrogen-bond donors (Lipinski definition) is 1. The van der Waals surface area contributed by atoms with Crippen LogP contribution >= 0.6 is 0 Å². The molecule has 0 aromatic heterocycles. The van der Waals surface area contributed by atoms with Gasteiger partial charge in [-0.15, -0.1) is 0 Å². The molecule has 0 fully saturated rings. The first-order valence-corrected chi connectivity index (χ1v) is 7.51. The quantitative estimate of drug-likeness (QED) is 0.881. The van der Waals surface area contributed by atoms with Crippen molar-refractivity contribution in [3.63, 3.8) is 0 Å². The third-order valence-corrected chi connectivity index (χ3v) is 3.70. The molecule has 0 aliphatic carbocycles. The summed E-state index contributed by atoms with van der Waals surface area (Å²) < 4.78 is 10.5. The SMILES string of the molecule is COc1cc(/C=C2/N=C(c3ccc(C)cc3)NC2=O)cc(OC)c1. The predicted molar refractivity (Wildman–Crippen MR) is 93.4 cm³/mol. The number of carbonyl (C=O) groups excluding carboxylic acids is 1. The molecule has 5 heteroatoms. The first-order valence-electron chi connectivity index (χ1n) is 7.51. The van der Waals surface area contributed by atoms with Crippen molar-refractivity contribution in [2.24, 2.45) is 4.99 Å². The van der Waals surface area contributed by atoms with Crippen molar-refractivity contribution < 1.29 is 14.3 Å². The van der Waals surface area contributed by atoms with Crippen LogP contribution in [0.4, 0.5) is 0 Å². The van der Waals surface area contributed by atoms with Gasteiger partial charge in [0, 0.05) is 11.6 Å². The maximum atomic E-state index is 12.2. The summed E-state index contributed by atoms with van der Waals surface area (Å²) in [4.78, 5) is 16.6. The molecule has 0 unspecified atom stereocenters. The van der Waals surface area contributed by atoms with Crippen molar-refractivity contribution in [3.8, 4) is 11.5 Å². The number of aliphatic imine (C=N–C) groups is 1. The molecule has 0 saturated carbocycles. The average molecular weight is 322 g/mol. The summed E-state index contributed by atoms with van der Waals surface area (Å²) in [6, 6.07) is 13.3. The van der Waals surface area contributed by atoms with E-state index in [9.17, 15) is 4.79 Å². The fourth-order valence-electron chi connectivity index (χ4n) is 2.39. The second-order valence-corrected chi connectivity index (χ2v) is 5.46. The van der Waals surface area contributed by atoms with Crippen LogP contribution in [-0.2, 0) is 4.79 Å². The van der Waals surface area contributed by atoms with Gasteiger partial charge in [-0.05, 0) is 30.7 Å². The number of ether oxygens (including phenoxy) is 2. The summed E-state index contributed by atoms with van der Waals surface area (Å²) in [5.41, 5.74) is 3.16. The molecular weight excluding hydrogens is 304 g/mol. The maximum absolute atomic E-state index is 12.2. The lowest BCUT2D eigenvalue weighted by Crippen LogP contribution is -2.24. The summed E-state index contributed by atoms with van der Waals surface area (Å²) in [5.74, 6) is 1.64. The minimum Gasteiger partial charge on any atom is -0.497 e. The summed E-state index contributed by atoms with van der Waals surface area (Å²) >= 11 is 0. The van der Waals surface area contributed by atoms with Gasteiger partial charge in [-0.25, -0.2) is 4.99 Å². The number of methoxy groups -OCH3 is 2. The number of amides is 1. The van der Waals surface area contributed by atoms with Gasteiger partial charge in [0.1, 0.15) is 23.0 Å². The van der Waals surface area contributed by atoms with E-state index in [2.05, 4.69) is 10.3 Å².